The third kappa shape index (κ3) is 4.14. The monoisotopic (exact) mass is 258 g/mol. The molecule has 2 atom stereocenters. The Morgan fingerprint density at radius 1 is 1.53 bits per heavy atom. The highest BCUT2D eigenvalue weighted by Crippen LogP contribution is 2.20. The van der Waals surface area contributed by atoms with E-state index < -0.39 is 12.2 Å². The quantitative estimate of drug-likeness (QED) is 0.828. The number of nitrogens with zero attached hydrogens (tertiary/aromatic N) is 2. The largest absolute Gasteiger partial charge is 0.389 e. The minimum Gasteiger partial charge on any atom is -0.389 e. The van der Waals surface area contributed by atoms with Crippen molar-refractivity contribution in [3.63, 3.8) is 0 Å². The van der Waals surface area contributed by atoms with E-state index in [1.165, 1.54) is 13.1 Å². The third-order valence-electron chi connectivity index (χ3n) is 2.31. The Morgan fingerprint density at radius 2 is 2.18 bits per heavy atom. The molecule has 0 aliphatic carbocycles. The highest BCUT2D eigenvalue weighted by Gasteiger charge is 2.20. The Bertz CT molecular complexity index is 379. The van der Waals surface area contributed by atoms with Crippen LogP contribution in [0.1, 0.15) is 38.5 Å². The number of hydrogen-bond donors (Lipinski definition) is 2. The first kappa shape index (κ1) is 14.2. The van der Waals surface area contributed by atoms with Crippen molar-refractivity contribution in [2.75, 3.05) is 5.75 Å². The molecule has 0 radical (unpaired) electrons. The molecule has 6 heteroatoms. The summed E-state index contributed by atoms with van der Waals surface area (Å²) < 4.78 is 1.71. The molecular formula is C11H18N2O3S. The van der Waals surface area contributed by atoms with Crippen molar-refractivity contribution in [3.05, 3.63) is 18.0 Å². The van der Waals surface area contributed by atoms with Crippen LogP contribution in [-0.2, 0) is 4.79 Å². The number of aliphatic hydroxyl groups is 2. The van der Waals surface area contributed by atoms with Crippen LogP contribution in [0.15, 0.2) is 12.4 Å². The second-order valence-corrected chi connectivity index (χ2v) is 5.36. The van der Waals surface area contributed by atoms with Crippen molar-refractivity contribution in [3.8, 4) is 0 Å². The summed E-state index contributed by atoms with van der Waals surface area (Å²) in [5.41, 5.74) is 0.565. The van der Waals surface area contributed by atoms with E-state index >= 15 is 0 Å². The first-order valence-corrected chi connectivity index (χ1v) is 6.44. The molecule has 0 saturated carbocycles. The van der Waals surface area contributed by atoms with Crippen LogP contribution in [-0.4, -0.2) is 37.0 Å². The van der Waals surface area contributed by atoms with Gasteiger partial charge >= 0.3 is 0 Å². The number of carbonyl (C=O) groups excluding carboxylic acids is 1. The predicted molar refractivity (Wildman–Crippen MR) is 66.7 cm³/mol. The van der Waals surface area contributed by atoms with Crippen LogP contribution in [0.2, 0.25) is 0 Å². The van der Waals surface area contributed by atoms with Gasteiger partial charge in [0, 0.05) is 30.5 Å². The Morgan fingerprint density at radius 3 is 2.65 bits per heavy atom. The predicted octanol–water partition coefficient (Wildman–Crippen LogP) is 1.14. The molecule has 2 N–H and O–H groups in total. The molecule has 1 heterocycles. The molecule has 96 valence electrons. The maximum Gasteiger partial charge on any atom is 0.185 e. The van der Waals surface area contributed by atoms with Gasteiger partial charge in [-0.05, 0) is 13.8 Å². The van der Waals surface area contributed by atoms with Gasteiger partial charge in [0.05, 0.1) is 12.3 Å². The lowest BCUT2D eigenvalue weighted by Gasteiger charge is -2.15. The molecule has 0 bridgehead atoms. The molecule has 5 nitrogen and oxygen atoms in total. The lowest BCUT2D eigenvalue weighted by Crippen LogP contribution is -2.21. The van der Waals surface area contributed by atoms with Crippen molar-refractivity contribution >= 4 is 16.9 Å². The van der Waals surface area contributed by atoms with Crippen LogP contribution in [0.5, 0.6) is 0 Å². The van der Waals surface area contributed by atoms with E-state index in [4.69, 9.17) is 0 Å². The highest BCUT2D eigenvalue weighted by atomic mass is 32.2. The number of aliphatic hydroxyl groups excluding tert-OH is 2. The summed E-state index contributed by atoms with van der Waals surface area (Å²) >= 11 is 0.999. The van der Waals surface area contributed by atoms with E-state index in [2.05, 4.69) is 5.10 Å². The van der Waals surface area contributed by atoms with Gasteiger partial charge in [-0.15, -0.1) is 0 Å². The zero-order valence-electron chi connectivity index (χ0n) is 10.2. The molecule has 0 aliphatic heterocycles. The lowest BCUT2D eigenvalue weighted by atomic mass is 10.1. The minimum absolute atomic E-state index is 0.0749. The molecule has 17 heavy (non-hydrogen) atoms. The fourth-order valence-corrected chi connectivity index (χ4v) is 1.89. The second-order valence-electron chi connectivity index (χ2n) is 4.16. The van der Waals surface area contributed by atoms with Crippen LogP contribution >= 0.6 is 11.8 Å². The summed E-state index contributed by atoms with van der Waals surface area (Å²) in [6.45, 7) is 5.39. The van der Waals surface area contributed by atoms with Crippen LogP contribution in [0.3, 0.4) is 0 Å². The standard InChI is InChI=1S/C11H18N2O3S/c1-7(2)13-5-9(4-12-13)11(16)10(15)6-17-8(3)14/h4-5,7,10-11,15-16H,6H2,1-3H3. The molecule has 0 fully saturated rings. The molecule has 1 aromatic heterocycles. The van der Waals surface area contributed by atoms with Gasteiger partial charge in [-0.25, -0.2) is 0 Å². The average Bonchev–Trinajstić information content (AvgIpc) is 2.73. The highest BCUT2D eigenvalue weighted by molar-refractivity contribution is 8.13. The van der Waals surface area contributed by atoms with Crippen LogP contribution in [0.4, 0.5) is 0 Å². The molecule has 0 aliphatic rings. The third-order valence-corrected chi connectivity index (χ3v) is 3.23. The van der Waals surface area contributed by atoms with Crippen molar-refractivity contribution in [1.82, 2.24) is 9.78 Å². The average molecular weight is 258 g/mol. The summed E-state index contributed by atoms with van der Waals surface area (Å²) in [6.07, 6.45) is 1.27. The Labute approximate surface area is 105 Å². The number of aromatic nitrogens is 2. The maximum atomic E-state index is 10.8. The molecule has 1 rings (SSSR count). The van der Waals surface area contributed by atoms with Crippen molar-refractivity contribution in [2.45, 2.75) is 39.0 Å². The molecule has 0 spiro atoms. The Balaban J connectivity index is 2.61. The Hall–Kier alpha value is -0.850. The van der Waals surface area contributed by atoms with Gasteiger partial charge in [0.15, 0.2) is 5.12 Å². The molecular weight excluding hydrogens is 240 g/mol. The van der Waals surface area contributed by atoms with Crippen LogP contribution in [0, 0.1) is 0 Å². The number of carbonyl (C=O) groups is 1. The van der Waals surface area contributed by atoms with E-state index in [1.807, 2.05) is 13.8 Å². The van der Waals surface area contributed by atoms with Gasteiger partial charge in [-0.1, -0.05) is 11.8 Å². The normalized spacial score (nSPS) is 14.9. The fraction of sp³-hybridized carbons (Fsp3) is 0.636. The van der Waals surface area contributed by atoms with Gasteiger partial charge in [0.1, 0.15) is 6.10 Å². The van der Waals surface area contributed by atoms with Crippen LogP contribution in [0.25, 0.3) is 0 Å². The first-order valence-electron chi connectivity index (χ1n) is 5.45. The number of hydrogen-bond acceptors (Lipinski definition) is 5. The minimum atomic E-state index is -1.01. The summed E-state index contributed by atoms with van der Waals surface area (Å²) in [4.78, 5) is 10.8. The van der Waals surface area contributed by atoms with E-state index in [-0.39, 0.29) is 16.9 Å². The van der Waals surface area contributed by atoms with Crippen molar-refractivity contribution in [2.24, 2.45) is 0 Å². The van der Waals surface area contributed by atoms with Crippen LogP contribution < -0.4 is 0 Å². The van der Waals surface area contributed by atoms with E-state index in [1.54, 1.807) is 10.9 Å². The smallest absolute Gasteiger partial charge is 0.185 e. The van der Waals surface area contributed by atoms with E-state index in [0.29, 0.717) is 5.56 Å². The van der Waals surface area contributed by atoms with Gasteiger partial charge < -0.3 is 10.2 Å². The molecule has 1 aromatic rings. The number of thioether (sulfide) groups is 1. The number of rotatable bonds is 5. The van der Waals surface area contributed by atoms with Gasteiger partial charge in [0.25, 0.3) is 0 Å². The summed E-state index contributed by atoms with van der Waals surface area (Å²) in [5.74, 6) is 0.184. The van der Waals surface area contributed by atoms with Crippen molar-refractivity contribution < 1.29 is 15.0 Å². The molecule has 0 saturated heterocycles. The zero-order chi connectivity index (χ0) is 13.0. The second kappa shape index (κ2) is 6.18. The summed E-state index contributed by atoms with van der Waals surface area (Å²) in [7, 11) is 0. The topological polar surface area (TPSA) is 75.3 Å². The maximum absolute atomic E-state index is 10.8. The van der Waals surface area contributed by atoms with E-state index in [0.717, 1.165) is 11.8 Å². The fourth-order valence-electron chi connectivity index (χ4n) is 1.30. The SMILES string of the molecule is CC(=O)SCC(O)C(O)c1cnn(C(C)C)c1. The van der Waals surface area contributed by atoms with Crippen molar-refractivity contribution in [1.29, 1.82) is 0 Å². The van der Waals surface area contributed by atoms with Gasteiger partial charge in [-0.2, -0.15) is 5.10 Å². The molecule has 0 aromatic carbocycles. The van der Waals surface area contributed by atoms with Gasteiger partial charge in [-0.3, -0.25) is 9.48 Å². The van der Waals surface area contributed by atoms with E-state index in [9.17, 15) is 15.0 Å². The summed E-state index contributed by atoms with van der Waals surface area (Å²) in [5, 5.41) is 23.6. The molecule has 2 unspecified atom stereocenters. The molecule has 0 amide bonds. The summed E-state index contributed by atoms with van der Waals surface area (Å²) in [6, 6.07) is 0.208. The lowest BCUT2D eigenvalue weighted by molar-refractivity contribution is -0.109. The van der Waals surface area contributed by atoms with Gasteiger partial charge in [0.2, 0.25) is 0 Å². The Kier molecular flexibility index (Phi) is 5.17. The first-order chi connectivity index (χ1) is 7.91. The zero-order valence-corrected chi connectivity index (χ0v) is 11.0.